The van der Waals surface area contributed by atoms with Gasteiger partial charge in [-0.25, -0.2) is 0 Å². The van der Waals surface area contributed by atoms with Crippen molar-refractivity contribution in [2.45, 2.75) is 26.4 Å². The molecule has 0 saturated carbocycles. The molecule has 82 valence electrons. The summed E-state index contributed by atoms with van der Waals surface area (Å²) in [5, 5.41) is 12.7. The van der Waals surface area contributed by atoms with Crippen molar-refractivity contribution >= 4 is 5.97 Å². The van der Waals surface area contributed by atoms with Crippen molar-refractivity contribution in [1.82, 2.24) is 5.16 Å². The van der Waals surface area contributed by atoms with Gasteiger partial charge < -0.3 is 14.4 Å². The molecule has 1 aliphatic heterocycles. The first-order valence-corrected chi connectivity index (χ1v) is 4.95. The van der Waals surface area contributed by atoms with Crippen LogP contribution in [0.4, 0.5) is 0 Å². The van der Waals surface area contributed by atoms with Gasteiger partial charge in [0.25, 0.3) is 0 Å². The lowest BCUT2D eigenvalue weighted by molar-refractivity contribution is -0.141. The summed E-state index contributed by atoms with van der Waals surface area (Å²) in [5.41, 5.74) is 1.85. The summed E-state index contributed by atoms with van der Waals surface area (Å²) in [7, 11) is 0. The van der Waals surface area contributed by atoms with E-state index in [9.17, 15) is 4.79 Å². The number of ether oxygens (including phenoxy) is 1. The first kappa shape index (κ1) is 10.2. The monoisotopic (exact) mass is 211 g/mol. The highest BCUT2D eigenvalue weighted by Crippen LogP contribution is 2.22. The van der Waals surface area contributed by atoms with Gasteiger partial charge in [0.2, 0.25) is 0 Å². The molecule has 0 aromatic carbocycles. The number of carboxylic acids is 1. The third-order valence-corrected chi connectivity index (χ3v) is 2.59. The van der Waals surface area contributed by atoms with Crippen LogP contribution in [0.3, 0.4) is 0 Å². The zero-order valence-electron chi connectivity index (χ0n) is 8.52. The lowest BCUT2D eigenvalue weighted by Crippen LogP contribution is -2.14. The molecule has 1 atom stereocenters. The summed E-state index contributed by atoms with van der Waals surface area (Å²) in [6.45, 7) is 2.80. The normalized spacial score (nSPS) is 17.1. The molecule has 0 fully saturated rings. The fourth-order valence-corrected chi connectivity index (χ4v) is 1.61. The highest BCUT2D eigenvalue weighted by atomic mass is 16.5. The second-order valence-corrected chi connectivity index (χ2v) is 3.78. The highest BCUT2D eigenvalue weighted by molar-refractivity contribution is 5.69. The standard InChI is InChI=1S/C10H13NO4/c1-6(10(12)13)4-9-7-5-14-3-2-8(7)11-15-9/h6H,2-5H2,1H3,(H,12,13). The highest BCUT2D eigenvalue weighted by Gasteiger charge is 2.23. The fourth-order valence-electron chi connectivity index (χ4n) is 1.61. The second kappa shape index (κ2) is 4.02. The Hall–Kier alpha value is -1.36. The predicted molar refractivity (Wildman–Crippen MR) is 50.4 cm³/mol. The van der Waals surface area contributed by atoms with E-state index in [1.54, 1.807) is 6.92 Å². The average Bonchev–Trinajstić information content (AvgIpc) is 2.62. The van der Waals surface area contributed by atoms with E-state index in [-0.39, 0.29) is 0 Å². The van der Waals surface area contributed by atoms with Crippen molar-refractivity contribution in [3.63, 3.8) is 0 Å². The molecule has 0 radical (unpaired) electrons. The smallest absolute Gasteiger partial charge is 0.306 e. The Bertz CT molecular complexity index is 371. The number of nitrogens with zero attached hydrogens (tertiary/aromatic N) is 1. The Labute approximate surface area is 87.0 Å². The molecule has 0 spiro atoms. The van der Waals surface area contributed by atoms with E-state index in [0.717, 1.165) is 17.7 Å². The van der Waals surface area contributed by atoms with Gasteiger partial charge in [0.1, 0.15) is 5.76 Å². The van der Waals surface area contributed by atoms with Gasteiger partial charge in [-0.05, 0) is 0 Å². The molecule has 0 aliphatic carbocycles. The van der Waals surface area contributed by atoms with E-state index >= 15 is 0 Å². The van der Waals surface area contributed by atoms with E-state index in [1.165, 1.54) is 0 Å². The van der Waals surface area contributed by atoms with Crippen molar-refractivity contribution in [3.8, 4) is 0 Å². The van der Waals surface area contributed by atoms with Crippen LogP contribution < -0.4 is 0 Å². The van der Waals surface area contributed by atoms with Crippen LogP contribution in [0.15, 0.2) is 4.52 Å². The fraction of sp³-hybridized carbons (Fsp3) is 0.600. The molecule has 0 bridgehead atoms. The molecular formula is C10H13NO4. The minimum Gasteiger partial charge on any atom is -0.481 e. The van der Waals surface area contributed by atoms with Gasteiger partial charge in [-0.1, -0.05) is 12.1 Å². The molecular weight excluding hydrogens is 198 g/mol. The quantitative estimate of drug-likeness (QED) is 0.807. The van der Waals surface area contributed by atoms with Gasteiger partial charge >= 0.3 is 5.97 Å². The third kappa shape index (κ3) is 2.02. The number of carbonyl (C=O) groups is 1. The average molecular weight is 211 g/mol. The van der Waals surface area contributed by atoms with Crippen molar-refractivity contribution in [2.24, 2.45) is 5.92 Å². The molecule has 1 aromatic rings. The van der Waals surface area contributed by atoms with Gasteiger partial charge in [0, 0.05) is 18.4 Å². The molecule has 1 aliphatic rings. The van der Waals surface area contributed by atoms with Crippen LogP contribution in [0.5, 0.6) is 0 Å². The number of rotatable bonds is 3. The van der Waals surface area contributed by atoms with E-state index in [4.69, 9.17) is 14.4 Å². The Morgan fingerprint density at radius 3 is 3.20 bits per heavy atom. The molecule has 1 unspecified atom stereocenters. The topological polar surface area (TPSA) is 72.6 Å². The summed E-state index contributed by atoms with van der Waals surface area (Å²) in [6, 6.07) is 0. The van der Waals surface area contributed by atoms with Crippen LogP contribution in [0.2, 0.25) is 0 Å². The summed E-state index contributed by atoms with van der Waals surface area (Å²) >= 11 is 0. The van der Waals surface area contributed by atoms with Crippen LogP contribution >= 0.6 is 0 Å². The lowest BCUT2D eigenvalue weighted by Gasteiger charge is -2.11. The van der Waals surface area contributed by atoms with Crippen molar-refractivity contribution in [1.29, 1.82) is 0 Å². The van der Waals surface area contributed by atoms with E-state index < -0.39 is 11.9 Å². The van der Waals surface area contributed by atoms with Gasteiger partial charge in [0.15, 0.2) is 0 Å². The van der Waals surface area contributed by atoms with Crippen molar-refractivity contribution < 1.29 is 19.2 Å². The van der Waals surface area contributed by atoms with Gasteiger partial charge in [0.05, 0.1) is 24.8 Å². The molecule has 2 heterocycles. The number of fused-ring (bicyclic) bond motifs is 1. The maximum Gasteiger partial charge on any atom is 0.306 e. The minimum atomic E-state index is -0.822. The number of hydrogen-bond acceptors (Lipinski definition) is 4. The Kier molecular flexibility index (Phi) is 2.73. The second-order valence-electron chi connectivity index (χ2n) is 3.78. The lowest BCUT2D eigenvalue weighted by atomic mass is 10.0. The van der Waals surface area contributed by atoms with Crippen LogP contribution in [0.1, 0.15) is 23.9 Å². The zero-order valence-corrected chi connectivity index (χ0v) is 8.52. The van der Waals surface area contributed by atoms with Crippen LogP contribution in [-0.4, -0.2) is 22.8 Å². The van der Waals surface area contributed by atoms with E-state index in [0.29, 0.717) is 25.4 Å². The van der Waals surface area contributed by atoms with Gasteiger partial charge in [-0.3, -0.25) is 4.79 Å². The largest absolute Gasteiger partial charge is 0.481 e. The molecule has 0 amide bonds. The van der Waals surface area contributed by atoms with Gasteiger partial charge in [-0.15, -0.1) is 0 Å². The summed E-state index contributed by atoms with van der Waals surface area (Å²) in [5.74, 6) is -0.625. The molecule has 5 heteroatoms. The molecule has 1 N–H and O–H groups in total. The number of carboxylic acid groups (broad SMARTS) is 1. The number of aromatic nitrogens is 1. The van der Waals surface area contributed by atoms with Crippen LogP contribution in [-0.2, 0) is 29.0 Å². The minimum absolute atomic E-state index is 0.376. The van der Waals surface area contributed by atoms with Crippen LogP contribution in [0, 0.1) is 5.92 Å². The van der Waals surface area contributed by atoms with E-state index in [2.05, 4.69) is 5.16 Å². The molecule has 2 rings (SSSR count). The number of hydrogen-bond donors (Lipinski definition) is 1. The Balaban J connectivity index is 2.15. The maximum atomic E-state index is 10.7. The summed E-state index contributed by atoms with van der Waals surface area (Å²) < 4.78 is 10.4. The first-order chi connectivity index (χ1) is 7.18. The molecule has 15 heavy (non-hydrogen) atoms. The SMILES string of the molecule is CC(Cc1onc2c1COCC2)C(=O)O. The number of aliphatic carboxylic acids is 1. The first-order valence-electron chi connectivity index (χ1n) is 4.95. The molecule has 0 saturated heterocycles. The molecule has 1 aromatic heterocycles. The Morgan fingerprint density at radius 2 is 2.47 bits per heavy atom. The van der Waals surface area contributed by atoms with E-state index in [1.807, 2.05) is 0 Å². The zero-order chi connectivity index (χ0) is 10.8. The van der Waals surface area contributed by atoms with Crippen LogP contribution in [0.25, 0.3) is 0 Å². The van der Waals surface area contributed by atoms with Crippen molar-refractivity contribution in [2.75, 3.05) is 6.61 Å². The predicted octanol–water partition coefficient (Wildman–Crippen LogP) is 1.01. The third-order valence-electron chi connectivity index (χ3n) is 2.59. The Morgan fingerprint density at radius 1 is 1.67 bits per heavy atom. The van der Waals surface area contributed by atoms with Crippen molar-refractivity contribution in [3.05, 3.63) is 17.0 Å². The maximum absolute atomic E-state index is 10.7. The van der Waals surface area contributed by atoms with Gasteiger partial charge in [-0.2, -0.15) is 0 Å². The molecule has 5 nitrogen and oxygen atoms in total. The summed E-state index contributed by atoms with van der Waals surface area (Å²) in [4.78, 5) is 10.7. The summed E-state index contributed by atoms with van der Waals surface area (Å²) in [6.07, 6.45) is 1.13.